The number of ether oxygens (including phenoxy) is 1. The molecule has 0 bridgehead atoms. The minimum atomic E-state index is -0.450. The van der Waals surface area contributed by atoms with Crippen molar-refractivity contribution in [2.45, 2.75) is 40.5 Å². The molecule has 0 unspecified atom stereocenters. The standard InChI is InChI=1S/C29H29N5O5/c1-18-10-19(2)12-23(11-18)34-16-22(31-32-34)17-38-24-4-5-25-21(13-28(36)39-27(25)14-24)15-30-7-9-33-8-6-26(35)29(37)20(33)3/h4-6,8,10-14,16,30,37H,7,9,15,17H2,1-3H3. The third kappa shape index (κ3) is 5.91. The van der Waals surface area contributed by atoms with Crippen LogP contribution in [0, 0.1) is 20.8 Å². The summed E-state index contributed by atoms with van der Waals surface area (Å²) in [6, 6.07) is 14.4. The number of nitrogens with zero attached hydrogens (tertiary/aromatic N) is 4. The molecule has 0 fully saturated rings. The van der Waals surface area contributed by atoms with Gasteiger partial charge in [-0.1, -0.05) is 11.3 Å². The molecule has 200 valence electrons. The van der Waals surface area contributed by atoms with Crippen molar-refractivity contribution in [2.75, 3.05) is 6.54 Å². The molecule has 5 aromatic rings. The highest BCUT2D eigenvalue weighted by Gasteiger charge is 2.10. The summed E-state index contributed by atoms with van der Waals surface area (Å²) in [5.41, 5.74) is 4.79. The zero-order valence-corrected chi connectivity index (χ0v) is 22.0. The van der Waals surface area contributed by atoms with E-state index in [0.29, 0.717) is 42.4 Å². The van der Waals surface area contributed by atoms with Gasteiger partial charge in [0.15, 0.2) is 5.75 Å². The maximum atomic E-state index is 12.2. The monoisotopic (exact) mass is 527 g/mol. The Morgan fingerprint density at radius 2 is 1.82 bits per heavy atom. The number of benzene rings is 2. The van der Waals surface area contributed by atoms with Crippen LogP contribution in [-0.2, 0) is 19.7 Å². The molecule has 5 rings (SSSR count). The van der Waals surface area contributed by atoms with Gasteiger partial charge in [0.2, 0.25) is 5.43 Å². The number of aromatic nitrogens is 4. The lowest BCUT2D eigenvalue weighted by Crippen LogP contribution is -2.22. The van der Waals surface area contributed by atoms with Gasteiger partial charge >= 0.3 is 5.63 Å². The van der Waals surface area contributed by atoms with Crippen molar-refractivity contribution in [3.63, 3.8) is 0 Å². The first kappa shape index (κ1) is 25.9. The van der Waals surface area contributed by atoms with Crippen LogP contribution in [0.2, 0.25) is 0 Å². The summed E-state index contributed by atoms with van der Waals surface area (Å²) in [5.74, 6) is 0.304. The van der Waals surface area contributed by atoms with Crippen LogP contribution in [0.4, 0.5) is 0 Å². The molecule has 0 atom stereocenters. The summed E-state index contributed by atoms with van der Waals surface area (Å²) in [6.45, 7) is 7.54. The largest absolute Gasteiger partial charge is 0.503 e. The maximum absolute atomic E-state index is 12.2. The van der Waals surface area contributed by atoms with Gasteiger partial charge in [-0.05, 0) is 61.7 Å². The van der Waals surface area contributed by atoms with Gasteiger partial charge in [-0.3, -0.25) is 4.79 Å². The maximum Gasteiger partial charge on any atom is 0.336 e. The van der Waals surface area contributed by atoms with E-state index in [-0.39, 0.29) is 12.4 Å². The Hall–Kier alpha value is -4.70. The molecule has 3 heterocycles. The van der Waals surface area contributed by atoms with Gasteiger partial charge in [-0.15, -0.1) is 5.10 Å². The van der Waals surface area contributed by atoms with E-state index in [2.05, 4.69) is 21.7 Å². The van der Waals surface area contributed by atoms with E-state index in [1.165, 1.54) is 12.1 Å². The zero-order valence-electron chi connectivity index (χ0n) is 22.0. The van der Waals surface area contributed by atoms with Crippen molar-refractivity contribution in [1.82, 2.24) is 24.9 Å². The highest BCUT2D eigenvalue weighted by atomic mass is 16.5. The number of rotatable bonds is 9. The third-order valence-electron chi connectivity index (χ3n) is 6.46. The van der Waals surface area contributed by atoms with E-state index in [0.717, 1.165) is 27.8 Å². The minimum absolute atomic E-state index is 0.210. The number of nitrogens with one attached hydrogen (secondary N) is 1. The summed E-state index contributed by atoms with van der Waals surface area (Å²) >= 11 is 0. The quantitative estimate of drug-likeness (QED) is 0.220. The number of pyridine rings is 1. The van der Waals surface area contributed by atoms with Crippen LogP contribution in [-0.4, -0.2) is 31.2 Å². The van der Waals surface area contributed by atoms with E-state index in [1.54, 1.807) is 28.4 Å². The number of hydrogen-bond acceptors (Lipinski definition) is 8. The lowest BCUT2D eigenvalue weighted by molar-refractivity contribution is 0.301. The molecular weight excluding hydrogens is 498 g/mol. The van der Waals surface area contributed by atoms with Gasteiger partial charge in [0, 0.05) is 49.4 Å². The lowest BCUT2D eigenvalue weighted by atomic mass is 10.1. The van der Waals surface area contributed by atoms with E-state index in [9.17, 15) is 14.7 Å². The Morgan fingerprint density at radius 1 is 1.03 bits per heavy atom. The Kier molecular flexibility index (Phi) is 7.29. The highest BCUT2D eigenvalue weighted by Crippen LogP contribution is 2.23. The van der Waals surface area contributed by atoms with Gasteiger partial charge in [-0.25, -0.2) is 9.48 Å². The number of fused-ring (bicyclic) bond motifs is 1. The molecule has 0 saturated heterocycles. The van der Waals surface area contributed by atoms with Gasteiger partial charge in [0.25, 0.3) is 0 Å². The molecule has 10 heteroatoms. The van der Waals surface area contributed by atoms with Crippen LogP contribution < -0.4 is 21.1 Å². The molecule has 0 radical (unpaired) electrons. The van der Waals surface area contributed by atoms with E-state index in [4.69, 9.17) is 9.15 Å². The minimum Gasteiger partial charge on any atom is -0.503 e. The van der Waals surface area contributed by atoms with Crippen molar-refractivity contribution in [3.05, 3.63) is 110 Å². The molecule has 0 aliphatic rings. The van der Waals surface area contributed by atoms with Crippen molar-refractivity contribution in [3.8, 4) is 17.2 Å². The SMILES string of the molecule is Cc1cc(C)cc(-n2cc(COc3ccc4c(CNCCn5ccc(=O)c(O)c5C)cc(=O)oc4c3)nn2)c1. The van der Waals surface area contributed by atoms with Gasteiger partial charge in [0.05, 0.1) is 17.6 Å². The fraction of sp³-hybridized carbons (Fsp3) is 0.241. The average molecular weight is 528 g/mol. The topological polar surface area (TPSA) is 124 Å². The van der Waals surface area contributed by atoms with Crippen LogP contribution in [0.3, 0.4) is 0 Å². The second-order valence-electron chi connectivity index (χ2n) is 9.52. The van der Waals surface area contributed by atoms with E-state index < -0.39 is 11.1 Å². The smallest absolute Gasteiger partial charge is 0.336 e. The predicted octanol–water partition coefficient (Wildman–Crippen LogP) is 3.54. The fourth-order valence-electron chi connectivity index (χ4n) is 4.50. The molecular formula is C29H29N5O5. The van der Waals surface area contributed by atoms with E-state index >= 15 is 0 Å². The summed E-state index contributed by atoms with van der Waals surface area (Å²) in [7, 11) is 0. The summed E-state index contributed by atoms with van der Waals surface area (Å²) in [6.07, 6.45) is 3.48. The van der Waals surface area contributed by atoms with Crippen molar-refractivity contribution >= 4 is 11.0 Å². The van der Waals surface area contributed by atoms with Gasteiger partial charge in [-0.2, -0.15) is 0 Å². The second kappa shape index (κ2) is 11.0. The normalized spacial score (nSPS) is 11.3. The number of aromatic hydroxyl groups is 1. The number of aryl methyl sites for hydroxylation is 2. The molecule has 39 heavy (non-hydrogen) atoms. The Bertz CT molecular complexity index is 1750. The average Bonchev–Trinajstić information content (AvgIpc) is 3.38. The van der Waals surface area contributed by atoms with Crippen LogP contribution in [0.1, 0.15) is 28.1 Å². The second-order valence-corrected chi connectivity index (χ2v) is 9.52. The van der Waals surface area contributed by atoms with Crippen LogP contribution in [0.15, 0.2) is 74.9 Å². The van der Waals surface area contributed by atoms with Crippen LogP contribution in [0.5, 0.6) is 11.5 Å². The van der Waals surface area contributed by atoms with Gasteiger partial charge in [0.1, 0.15) is 23.6 Å². The summed E-state index contributed by atoms with van der Waals surface area (Å²) in [4.78, 5) is 23.8. The van der Waals surface area contributed by atoms with Gasteiger partial charge < -0.3 is 24.1 Å². The molecule has 0 aliphatic heterocycles. The van der Waals surface area contributed by atoms with Crippen LogP contribution >= 0.6 is 0 Å². The molecule has 3 aromatic heterocycles. The third-order valence-corrected chi connectivity index (χ3v) is 6.46. The summed E-state index contributed by atoms with van der Waals surface area (Å²) < 4.78 is 14.9. The predicted molar refractivity (Wildman–Crippen MR) is 146 cm³/mol. The lowest BCUT2D eigenvalue weighted by Gasteiger charge is -2.13. The Balaban J connectivity index is 1.23. The van der Waals surface area contributed by atoms with Crippen molar-refractivity contribution in [1.29, 1.82) is 0 Å². The molecule has 10 nitrogen and oxygen atoms in total. The summed E-state index contributed by atoms with van der Waals surface area (Å²) in [5, 5.41) is 22.4. The molecule has 0 amide bonds. The molecule has 2 N–H and O–H groups in total. The first-order valence-corrected chi connectivity index (χ1v) is 12.6. The van der Waals surface area contributed by atoms with Crippen LogP contribution in [0.25, 0.3) is 16.7 Å². The molecule has 0 saturated carbocycles. The number of hydrogen-bond donors (Lipinski definition) is 2. The molecule has 2 aromatic carbocycles. The zero-order chi connectivity index (χ0) is 27.5. The fourth-order valence-corrected chi connectivity index (χ4v) is 4.50. The highest BCUT2D eigenvalue weighted by molar-refractivity contribution is 5.81. The Morgan fingerprint density at radius 3 is 2.62 bits per heavy atom. The molecule has 0 spiro atoms. The van der Waals surface area contributed by atoms with Crippen molar-refractivity contribution < 1.29 is 14.3 Å². The first-order valence-electron chi connectivity index (χ1n) is 12.6. The van der Waals surface area contributed by atoms with Crippen molar-refractivity contribution in [2.24, 2.45) is 0 Å². The first-order chi connectivity index (χ1) is 18.8. The Labute approximate surface area is 224 Å². The molecule has 0 aliphatic carbocycles. The van der Waals surface area contributed by atoms with E-state index in [1.807, 2.05) is 44.3 Å².